The maximum absolute atomic E-state index is 13.6. The summed E-state index contributed by atoms with van der Waals surface area (Å²) in [5, 5.41) is 10.5. The summed E-state index contributed by atoms with van der Waals surface area (Å²) in [5.74, 6) is -1.19. The third-order valence-corrected chi connectivity index (χ3v) is 3.52. The Kier molecular flexibility index (Phi) is 3.97. The molecular weight excluding hydrogens is 238 g/mol. The van der Waals surface area contributed by atoms with E-state index in [1.165, 1.54) is 12.1 Å². The zero-order valence-corrected chi connectivity index (χ0v) is 10.5. The van der Waals surface area contributed by atoms with Crippen molar-refractivity contribution in [2.24, 2.45) is 0 Å². The van der Waals surface area contributed by atoms with Gasteiger partial charge in [0, 0.05) is 25.5 Å². The van der Waals surface area contributed by atoms with Crippen molar-refractivity contribution < 1.29 is 18.6 Å². The van der Waals surface area contributed by atoms with Crippen molar-refractivity contribution >= 4 is 0 Å². The molecule has 0 amide bonds. The zero-order chi connectivity index (χ0) is 13.2. The Morgan fingerprint density at radius 1 is 1.44 bits per heavy atom. The second-order valence-electron chi connectivity index (χ2n) is 4.99. The highest BCUT2D eigenvalue weighted by Crippen LogP contribution is 2.30. The quantitative estimate of drug-likeness (QED) is 0.901. The van der Waals surface area contributed by atoms with Crippen molar-refractivity contribution in [2.75, 3.05) is 6.61 Å². The van der Waals surface area contributed by atoms with Gasteiger partial charge in [0.1, 0.15) is 11.6 Å². The van der Waals surface area contributed by atoms with Gasteiger partial charge in [-0.25, -0.2) is 8.78 Å². The van der Waals surface area contributed by atoms with Gasteiger partial charge >= 0.3 is 0 Å². The van der Waals surface area contributed by atoms with E-state index in [1.54, 1.807) is 0 Å². The van der Waals surface area contributed by atoms with E-state index in [2.05, 4.69) is 0 Å². The maximum Gasteiger partial charge on any atom is 0.129 e. The Labute approximate surface area is 106 Å². The maximum atomic E-state index is 13.6. The lowest BCUT2D eigenvalue weighted by molar-refractivity contribution is -0.103. The predicted molar refractivity (Wildman–Crippen MR) is 64.3 cm³/mol. The first kappa shape index (κ1) is 13.4. The highest BCUT2D eigenvalue weighted by molar-refractivity contribution is 5.20. The second kappa shape index (κ2) is 5.33. The van der Waals surface area contributed by atoms with E-state index in [-0.39, 0.29) is 12.5 Å². The molecule has 1 fully saturated rings. The number of aliphatic hydroxyl groups is 1. The summed E-state index contributed by atoms with van der Waals surface area (Å²) in [7, 11) is 0. The van der Waals surface area contributed by atoms with Crippen LogP contribution in [-0.4, -0.2) is 23.4 Å². The van der Waals surface area contributed by atoms with Crippen LogP contribution in [0.2, 0.25) is 0 Å². The third kappa shape index (κ3) is 3.06. The molecule has 2 unspecified atom stereocenters. The Morgan fingerprint density at radius 3 is 2.89 bits per heavy atom. The molecule has 1 N–H and O–H groups in total. The highest BCUT2D eigenvalue weighted by Gasteiger charge is 2.35. The Hall–Kier alpha value is -1.00. The molecule has 0 saturated carbocycles. The largest absolute Gasteiger partial charge is 0.389 e. The molecule has 1 aliphatic heterocycles. The average molecular weight is 256 g/mol. The molecule has 4 heteroatoms. The van der Waals surface area contributed by atoms with E-state index in [0.29, 0.717) is 25.0 Å². The molecule has 0 aromatic heterocycles. The molecule has 100 valence electrons. The van der Waals surface area contributed by atoms with Gasteiger partial charge in [0.05, 0.1) is 11.7 Å². The SMILES string of the molecule is CCC1CC(O)(Cc2ccc(F)cc2F)CCO1. The zero-order valence-electron chi connectivity index (χ0n) is 10.5. The van der Waals surface area contributed by atoms with Crippen molar-refractivity contribution in [1.29, 1.82) is 0 Å². The van der Waals surface area contributed by atoms with Gasteiger partial charge in [-0.2, -0.15) is 0 Å². The van der Waals surface area contributed by atoms with E-state index in [9.17, 15) is 13.9 Å². The summed E-state index contributed by atoms with van der Waals surface area (Å²) >= 11 is 0. The predicted octanol–water partition coefficient (Wildman–Crippen LogP) is 2.83. The monoisotopic (exact) mass is 256 g/mol. The molecule has 1 saturated heterocycles. The number of halogens is 2. The van der Waals surface area contributed by atoms with Crippen molar-refractivity contribution in [3.8, 4) is 0 Å². The summed E-state index contributed by atoms with van der Waals surface area (Å²) in [4.78, 5) is 0. The first-order valence-electron chi connectivity index (χ1n) is 6.30. The molecule has 1 aromatic carbocycles. The molecule has 0 bridgehead atoms. The second-order valence-corrected chi connectivity index (χ2v) is 4.99. The van der Waals surface area contributed by atoms with Gasteiger partial charge in [-0.15, -0.1) is 0 Å². The summed E-state index contributed by atoms with van der Waals surface area (Å²) < 4.78 is 31.9. The van der Waals surface area contributed by atoms with Crippen LogP contribution in [0.25, 0.3) is 0 Å². The standard InChI is InChI=1S/C14H18F2O2/c1-2-12-9-14(17,5-6-18-12)8-10-3-4-11(15)7-13(10)16/h3-4,7,12,17H,2,5-6,8-9H2,1H3. The van der Waals surface area contributed by atoms with Crippen LogP contribution in [0.1, 0.15) is 31.7 Å². The molecule has 18 heavy (non-hydrogen) atoms. The molecular formula is C14H18F2O2. The minimum Gasteiger partial charge on any atom is -0.389 e. The number of ether oxygens (including phenoxy) is 1. The minimum atomic E-state index is -0.947. The van der Waals surface area contributed by atoms with Crippen molar-refractivity contribution in [1.82, 2.24) is 0 Å². The molecule has 1 heterocycles. The van der Waals surface area contributed by atoms with Crippen LogP contribution in [0.4, 0.5) is 8.78 Å². The Bertz CT molecular complexity index is 422. The molecule has 2 rings (SSSR count). The van der Waals surface area contributed by atoms with Gasteiger partial charge in [0.15, 0.2) is 0 Å². The molecule has 1 aromatic rings. The molecule has 2 nitrogen and oxygen atoms in total. The third-order valence-electron chi connectivity index (χ3n) is 3.52. The first-order valence-corrected chi connectivity index (χ1v) is 6.30. The Morgan fingerprint density at radius 2 is 2.22 bits per heavy atom. The smallest absolute Gasteiger partial charge is 0.129 e. The Balaban J connectivity index is 2.11. The fourth-order valence-electron chi connectivity index (χ4n) is 2.44. The van der Waals surface area contributed by atoms with Crippen molar-refractivity contribution in [2.45, 2.75) is 44.3 Å². The van der Waals surface area contributed by atoms with Crippen LogP contribution in [-0.2, 0) is 11.2 Å². The summed E-state index contributed by atoms with van der Waals surface area (Å²) in [5.41, 5.74) is -0.590. The van der Waals surface area contributed by atoms with Gasteiger partial charge in [0.2, 0.25) is 0 Å². The topological polar surface area (TPSA) is 29.5 Å². The number of hydrogen-bond acceptors (Lipinski definition) is 2. The van der Waals surface area contributed by atoms with Crippen LogP contribution in [0.15, 0.2) is 18.2 Å². The fourth-order valence-corrected chi connectivity index (χ4v) is 2.44. The van der Waals surface area contributed by atoms with E-state index in [0.717, 1.165) is 12.5 Å². The van der Waals surface area contributed by atoms with E-state index in [4.69, 9.17) is 4.74 Å². The summed E-state index contributed by atoms with van der Waals surface area (Å²) in [6, 6.07) is 3.48. The summed E-state index contributed by atoms with van der Waals surface area (Å²) in [6.07, 6.45) is 2.04. The molecule has 0 radical (unpaired) electrons. The lowest BCUT2D eigenvalue weighted by Crippen LogP contribution is -2.42. The normalized spacial score (nSPS) is 28.3. The molecule has 0 spiro atoms. The average Bonchev–Trinajstić information content (AvgIpc) is 2.33. The molecule has 1 aliphatic rings. The van der Waals surface area contributed by atoms with Gasteiger partial charge in [-0.1, -0.05) is 13.0 Å². The first-order chi connectivity index (χ1) is 8.52. The van der Waals surface area contributed by atoms with Crippen LogP contribution in [0.3, 0.4) is 0 Å². The lowest BCUT2D eigenvalue weighted by atomic mass is 9.84. The minimum absolute atomic E-state index is 0.0206. The van der Waals surface area contributed by atoms with Gasteiger partial charge < -0.3 is 9.84 Å². The fraction of sp³-hybridized carbons (Fsp3) is 0.571. The van der Waals surface area contributed by atoms with E-state index in [1.807, 2.05) is 6.92 Å². The van der Waals surface area contributed by atoms with Crippen molar-refractivity contribution in [3.05, 3.63) is 35.4 Å². The van der Waals surface area contributed by atoms with Crippen molar-refractivity contribution in [3.63, 3.8) is 0 Å². The van der Waals surface area contributed by atoms with E-state index >= 15 is 0 Å². The van der Waals surface area contributed by atoms with Crippen LogP contribution in [0.5, 0.6) is 0 Å². The highest BCUT2D eigenvalue weighted by atomic mass is 19.1. The summed E-state index contributed by atoms with van der Waals surface area (Å²) in [6.45, 7) is 2.48. The van der Waals surface area contributed by atoms with Gasteiger partial charge in [-0.05, 0) is 24.5 Å². The van der Waals surface area contributed by atoms with Crippen LogP contribution >= 0.6 is 0 Å². The van der Waals surface area contributed by atoms with Crippen LogP contribution < -0.4 is 0 Å². The number of hydrogen-bond donors (Lipinski definition) is 1. The van der Waals surface area contributed by atoms with E-state index < -0.39 is 17.2 Å². The molecule has 2 atom stereocenters. The number of rotatable bonds is 3. The van der Waals surface area contributed by atoms with Gasteiger partial charge in [-0.3, -0.25) is 0 Å². The van der Waals surface area contributed by atoms with Gasteiger partial charge in [0.25, 0.3) is 0 Å². The van der Waals surface area contributed by atoms with Crippen LogP contribution in [0, 0.1) is 11.6 Å². The number of benzene rings is 1. The molecule has 0 aliphatic carbocycles. The lowest BCUT2D eigenvalue weighted by Gasteiger charge is -2.36.